The average Bonchev–Trinajstić information content (AvgIpc) is 3.13. The summed E-state index contributed by atoms with van der Waals surface area (Å²) in [6.45, 7) is 8.36. The highest BCUT2D eigenvalue weighted by molar-refractivity contribution is 7.20. The van der Waals surface area contributed by atoms with Crippen LogP contribution in [0.25, 0.3) is 10.2 Å². The standard InChI is InChI=1S/C26H34N4OS/c1-16(2)19-12-14-21(15-13-19)29(5)24-22-17(3)23(32-25(22)28-18(4)27-24)26(31)30(6)20-10-8-7-9-11-20/h12-16,20H,7-11H2,1-6H3. The first kappa shape index (κ1) is 22.7. The lowest BCUT2D eigenvalue weighted by Crippen LogP contribution is -2.38. The van der Waals surface area contributed by atoms with Crippen molar-refractivity contribution in [3.05, 3.63) is 46.1 Å². The van der Waals surface area contributed by atoms with Crippen LogP contribution in [0.2, 0.25) is 0 Å². The SMILES string of the molecule is Cc1nc(N(C)c2ccc(C(C)C)cc2)c2c(C)c(C(=O)N(C)C3CCCCC3)sc2n1. The van der Waals surface area contributed by atoms with Gasteiger partial charge in [-0.25, -0.2) is 9.97 Å². The van der Waals surface area contributed by atoms with Gasteiger partial charge in [0, 0.05) is 25.8 Å². The Hall–Kier alpha value is -2.47. The first-order chi connectivity index (χ1) is 15.3. The molecule has 1 saturated carbocycles. The minimum Gasteiger partial charge on any atom is -0.338 e. The fourth-order valence-corrected chi connectivity index (χ4v) is 5.87. The third-order valence-electron chi connectivity index (χ3n) is 6.78. The molecule has 1 fully saturated rings. The van der Waals surface area contributed by atoms with Crippen molar-refractivity contribution in [1.82, 2.24) is 14.9 Å². The molecule has 1 aliphatic carbocycles. The maximum Gasteiger partial charge on any atom is 0.264 e. The number of aryl methyl sites for hydroxylation is 2. The molecule has 1 aromatic carbocycles. The van der Waals surface area contributed by atoms with E-state index in [1.165, 1.54) is 36.2 Å². The van der Waals surface area contributed by atoms with Crippen molar-refractivity contribution in [2.75, 3.05) is 19.0 Å². The van der Waals surface area contributed by atoms with Crippen LogP contribution in [0.15, 0.2) is 24.3 Å². The van der Waals surface area contributed by atoms with Crippen LogP contribution in [0, 0.1) is 13.8 Å². The molecule has 170 valence electrons. The van der Waals surface area contributed by atoms with E-state index in [4.69, 9.17) is 9.97 Å². The zero-order valence-electron chi connectivity index (χ0n) is 20.1. The second-order valence-electron chi connectivity index (χ2n) is 9.34. The average molecular weight is 451 g/mol. The van der Waals surface area contributed by atoms with Crippen molar-refractivity contribution in [2.45, 2.75) is 71.8 Å². The van der Waals surface area contributed by atoms with Gasteiger partial charge in [-0.3, -0.25) is 4.79 Å². The van der Waals surface area contributed by atoms with Crippen molar-refractivity contribution < 1.29 is 4.79 Å². The van der Waals surface area contributed by atoms with E-state index in [-0.39, 0.29) is 5.91 Å². The van der Waals surface area contributed by atoms with Crippen molar-refractivity contribution >= 4 is 39.0 Å². The van der Waals surface area contributed by atoms with E-state index in [9.17, 15) is 4.79 Å². The minimum atomic E-state index is 0.116. The predicted octanol–water partition coefficient (Wildman–Crippen LogP) is 6.60. The van der Waals surface area contributed by atoms with Gasteiger partial charge in [-0.1, -0.05) is 45.2 Å². The molecule has 0 unspecified atom stereocenters. The number of benzene rings is 1. The zero-order chi connectivity index (χ0) is 23.0. The fourth-order valence-electron chi connectivity index (χ4n) is 4.67. The van der Waals surface area contributed by atoms with E-state index < -0.39 is 0 Å². The second-order valence-corrected chi connectivity index (χ2v) is 10.3. The van der Waals surface area contributed by atoms with Crippen molar-refractivity contribution in [3.63, 3.8) is 0 Å². The molecule has 1 amide bonds. The van der Waals surface area contributed by atoms with E-state index in [1.54, 1.807) is 0 Å². The summed E-state index contributed by atoms with van der Waals surface area (Å²) in [5.41, 5.74) is 3.38. The molecule has 2 aromatic heterocycles. The summed E-state index contributed by atoms with van der Waals surface area (Å²) in [7, 11) is 4.00. The molecule has 0 spiro atoms. The van der Waals surface area contributed by atoms with Crippen LogP contribution in [-0.2, 0) is 0 Å². The first-order valence-electron chi connectivity index (χ1n) is 11.7. The van der Waals surface area contributed by atoms with Crippen molar-refractivity contribution in [1.29, 1.82) is 0 Å². The highest BCUT2D eigenvalue weighted by Gasteiger charge is 2.28. The van der Waals surface area contributed by atoms with Gasteiger partial charge in [-0.05, 0) is 55.9 Å². The van der Waals surface area contributed by atoms with Crippen LogP contribution in [0.5, 0.6) is 0 Å². The molecule has 0 atom stereocenters. The third kappa shape index (κ3) is 4.25. The molecular weight excluding hydrogens is 416 g/mol. The van der Waals surface area contributed by atoms with E-state index in [2.05, 4.69) is 43.0 Å². The van der Waals surface area contributed by atoms with Crippen LogP contribution >= 0.6 is 11.3 Å². The normalized spacial score (nSPS) is 14.8. The summed E-state index contributed by atoms with van der Waals surface area (Å²) >= 11 is 1.50. The number of hydrogen-bond donors (Lipinski definition) is 0. The van der Waals surface area contributed by atoms with Crippen LogP contribution < -0.4 is 4.90 Å². The van der Waals surface area contributed by atoms with E-state index >= 15 is 0 Å². The molecule has 6 heteroatoms. The molecule has 3 aromatic rings. The highest BCUT2D eigenvalue weighted by Crippen LogP contribution is 2.38. The fraction of sp³-hybridized carbons (Fsp3) is 0.500. The van der Waals surface area contributed by atoms with Crippen LogP contribution in [-0.4, -0.2) is 40.9 Å². The number of fused-ring (bicyclic) bond motifs is 1. The Bertz CT molecular complexity index is 1110. The topological polar surface area (TPSA) is 49.3 Å². The smallest absolute Gasteiger partial charge is 0.264 e. The summed E-state index contributed by atoms with van der Waals surface area (Å²) in [4.78, 5) is 28.7. The second kappa shape index (κ2) is 9.18. The van der Waals surface area contributed by atoms with Gasteiger partial charge in [0.25, 0.3) is 5.91 Å². The van der Waals surface area contributed by atoms with E-state index in [1.807, 2.05) is 32.8 Å². The molecule has 4 rings (SSSR count). The Kier molecular flexibility index (Phi) is 6.52. The van der Waals surface area contributed by atoms with Crippen LogP contribution in [0.3, 0.4) is 0 Å². The molecule has 0 radical (unpaired) electrons. The van der Waals surface area contributed by atoms with Gasteiger partial charge in [0.15, 0.2) is 0 Å². The van der Waals surface area contributed by atoms with Crippen molar-refractivity contribution in [2.24, 2.45) is 0 Å². The largest absolute Gasteiger partial charge is 0.338 e. The van der Waals surface area contributed by atoms with Crippen LogP contribution in [0.1, 0.15) is 78.5 Å². The Morgan fingerprint density at radius 1 is 1.03 bits per heavy atom. The molecule has 2 heterocycles. The summed E-state index contributed by atoms with van der Waals surface area (Å²) in [5, 5.41) is 0.983. The summed E-state index contributed by atoms with van der Waals surface area (Å²) in [5.74, 6) is 2.19. The monoisotopic (exact) mass is 450 g/mol. The van der Waals surface area contributed by atoms with E-state index in [0.717, 1.165) is 50.8 Å². The number of hydrogen-bond acceptors (Lipinski definition) is 5. The molecular formula is C26H34N4OS. The third-order valence-corrected chi connectivity index (χ3v) is 7.96. The number of anilines is 2. The van der Waals surface area contributed by atoms with Gasteiger partial charge in [-0.2, -0.15) is 0 Å². The molecule has 32 heavy (non-hydrogen) atoms. The molecule has 5 nitrogen and oxygen atoms in total. The maximum atomic E-state index is 13.4. The van der Waals surface area contributed by atoms with Gasteiger partial charge < -0.3 is 9.80 Å². The van der Waals surface area contributed by atoms with Gasteiger partial charge in [0.2, 0.25) is 0 Å². The number of aromatic nitrogens is 2. The number of thiophene rings is 1. The maximum absolute atomic E-state index is 13.4. The van der Waals surface area contributed by atoms with Gasteiger partial charge >= 0.3 is 0 Å². The highest BCUT2D eigenvalue weighted by atomic mass is 32.1. The molecule has 0 saturated heterocycles. The summed E-state index contributed by atoms with van der Waals surface area (Å²) < 4.78 is 0. The van der Waals surface area contributed by atoms with Crippen molar-refractivity contribution in [3.8, 4) is 0 Å². The quantitative estimate of drug-likeness (QED) is 0.439. The number of carbonyl (C=O) groups is 1. The lowest BCUT2D eigenvalue weighted by molar-refractivity contribution is 0.0700. The summed E-state index contributed by atoms with van der Waals surface area (Å²) in [6.07, 6.45) is 5.91. The number of carbonyl (C=O) groups excluding carboxylic acids is 1. The first-order valence-corrected chi connectivity index (χ1v) is 12.5. The predicted molar refractivity (Wildman–Crippen MR) is 134 cm³/mol. The van der Waals surface area contributed by atoms with Gasteiger partial charge in [-0.15, -0.1) is 11.3 Å². The number of nitrogens with zero attached hydrogens (tertiary/aromatic N) is 4. The number of amides is 1. The number of rotatable bonds is 5. The Labute approximate surface area is 195 Å². The Balaban J connectivity index is 1.72. The molecule has 1 aliphatic rings. The zero-order valence-corrected chi connectivity index (χ0v) is 20.9. The molecule has 0 aliphatic heterocycles. The van der Waals surface area contributed by atoms with Gasteiger partial charge in [0.05, 0.1) is 10.3 Å². The lowest BCUT2D eigenvalue weighted by atomic mass is 9.94. The molecule has 0 N–H and O–H groups in total. The van der Waals surface area contributed by atoms with Gasteiger partial charge in [0.1, 0.15) is 16.5 Å². The summed E-state index contributed by atoms with van der Waals surface area (Å²) in [6, 6.07) is 8.98. The molecule has 0 bridgehead atoms. The van der Waals surface area contributed by atoms with Crippen LogP contribution in [0.4, 0.5) is 11.5 Å². The Morgan fingerprint density at radius 3 is 2.31 bits per heavy atom. The Morgan fingerprint density at radius 2 is 1.69 bits per heavy atom. The lowest BCUT2D eigenvalue weighted by Gasteiger charge is -2.31. The van der Waals surface area contributed by atoms with E-state index in [0.29, 0.717) is 12.0 Å². The minimum absolute atomic E-state index is 0.116.